The predicted molar refractivity (Wildman–Crippen MR) is 158 cm³/mol. The summed E-state index contributed by atoms with van der Waals surface area (Å²) in [6.07, 6.45) is 10.8. The summed E-state index contributed by atoms with van der Waals surface area (Å²) in [5.74, 6) is -3.55. The minimum absolute atomic E-state index is 0.0753. The van der Waals surface area contributed by atoms with Gasteiger partial charge in [0.25, 0.3) is 0 Å². The van der Waals surface area contributed by atoms with Gasteiger partial charge in [-0.25, -0.2) is 0 Å². The monoisotopic (exact) mass is 536 g/mol. The van der Waals surface area contributed by atoms with Gasteiger partial charge in [-0.1, -0.05) is 115 Å². The first-order valence-electron chi connectivity index (χ1n) is 12.8. The first-order valence-corrected chi connectivity index (χ1v) is 12.8. The maximum atomic E-state index is 9.72. The molecule has 6 N–H and O–H groups in total. The van der Waals surface area contributed by atoms with Gasteiger partial charge in [0.05, 0.1) is 0 Å². The molecule has 0 unspecified atom stereocenters. The molecule has 204 valence electrons. The van der Waals surface area contributed by atoms with Crippen LogP contribution in [0.5, 0.6) is 11.5 Å². The zero-order valence-electron chi connectivity index (χ0n) is 21.8. The highest BCUT2D eigenvalue weighted by Crippen LogP contribution is 2.31. The Labute approximate surface area is 233 Å². The summed E-state index contributed by atoms with van der Waals surface area (Å²) < 4.78 is 0. The van der Waals surface area contributed by atoms with Crippen LogP contribution in [0.25, 0.3) is 21.9 Å². The van der Waals surface area contributed by atoms with Crippen molar-refractivity contribution in [3.05, 3.63) is 145 Å². The molecule has 6 nitrogen and oxygen atoms in total. The van der Waals surface area contributed by atoms with Crippen LogP contribution in [0.4, 0.5) is 0 Å². The van der Waals surface area contributed by atoms with Gasteiger partial charge in [-0.05, 0) is 45.7 Å². The molecule has 40 heavy (non-hydrogen) atoms. The standard InChI is InChI=1S/2C12H12O2.C10H8O2/c13-12(14)9-5-4-8-11(12)10-6-2-1-3-7-10;13-12(14)8-6-11(7-9-12)10-4-2-1-3-5-10;11-9-5-7-3-1-2-4-8(7)6-10(9)12/h2*1-8,13-14H,9H2;1-6,11-12H. The molecule has 0 atom stereocenters. The van der Waals surface area contributed by atoms with E-state index in [1.54, 1.807) is 30.4 Å². The molecule has 0 radical (unpaired) electrons. The van der Waals surface area contributed by atoms with Gasteiger partial charge >= 0.3 is 0 Å². The van der Waals surface area contributed by atoms with E-state index in [4.69, 9.17) is 10.2 Å². The van der Waals surface area contributed by atoms with Gasteiger partial charge in [-0.2, -0.15) is 0 Å². The lowest BCUT2D eigenvalue weighted by Gasteiger charge is -2.26. The first-order chi connectivity index (χ1) is 19.1. The van der Waals surface area contributed by atoms with E-state index in [0.717, 1.165) is 27.5 Å². The summed E-state index contributed by atoms with van der Waals surface area (Å²) >= 11 is 0. The topological polar surface area (TPSA) is 121 Å². The Bertz CT molecular complexity index is 1510. The Hall–Kier alpha value is -4.46. The van der Waals surface area contributed by atoms with Crippen molar-refractivity contribution in [2.24, 2.45) is 0 Å². The molecule has 6 heteroatoms. The predicted octanol–water partition coefficient (Wildman–Crippen LogP) is 5.67. The van der Waals surface area contributed by atoms with Crippen molar-refractivity contribution in [2.45, 2.75) is 24.4 Å². The molecule has 0 aliphatic heterocycles. The van der Waals surface area contributed by atoms with Crippen LogP contribution in [0, 0.1) is 0 Å². The molecule has 0 saturated carbocycles. The van der Waals surface area contributed by atoms with E-state index in [-0.39, 0.29) is 24.3 Å². The van der Waals surface area contributed by atoms with Crippen LogP contribution >= 0.6 is 0 Å². The number of aromatic hydroxyl groups is 2. The second-order valence-electron chi connectivity index (χ2n) is 9.52. The van der Waals surface area contributed by atoms with E-state index in [0.29, 0.717) is 5.57 Å². The zero-order chi connectivity index (χ0) is 28.6. The molecular weight excluding hydrogens is 504 g/mol. The number of fused-ring (bicyclic) bond motifs is 1. The van der Waals surface area contributed by atoms with Crippen molar-refractivity contribution < 1.29 is 30.6 Å². The molecule has 2 aliphatic carbocycles. The molecular formula is C34H32O6. The SMILES string of the molecule is OC1(O)C=CC(c2ccccc2)=CC1.OC1(O)CC=CC=C1c1ccccc1.Oc1cc2ccccc2cc1O. The zero-order valence-corrected chi connectivity index (χ0v) is 21.8. The highest BCUT2D eigenvalue weighted by atomic mass is 16.5. The van der Waals surface area contributed by atoms with Gasteiger partial charge < -0.3 is 30.6 Å². The summed E-state index contributed by atoms with van der Waals surface area (Å²) in [6.45, 7) is 0. The summed E-state index contributed by atoms with van der Waals surface area (Å²) in [4.78, 5) is 0. The van der Waals surface area contributed by atoms with Gasteiger partial charge in [0.15, 0.2) is 23.1 Å². The maximum Gasteiger partial charge on any atom is 0.193 e. The van der Waals surface area contributed by atoms with Gasteiger partial charge in [0.1, 0.15) is 0 Å². The number of rotatable bonds is 2. The van der Waals surface area contributed by atoms with Crippen LogP contribution < -0.4 is 0 Å². The Balaban J connectivity index is 0.000000139. The number of phenols is 2. The van der Waals surface area contributed by atoms with Gasteiger partial charge in [-0.15, -0.1) is 0 Å². The lowest BCUT2D eigenvalue weighted by molar-refractivity contribution is -0.114. The summed E-state index contributed by atoms with van der Waals surface area (Å²) in [5, 5.41) is 58.2. The molecule has 0 fully saturated rings. The van der Waals surface area contributed by atoms with Crippen LogP contribution in [-0.2, 0) is 0 Å². The van der Waals surface area contributed by atoms with Gasteiger partial charge in [0, 0.05) is 18.4 Å². The highest BCUT2D eigenvalue weighted by Gasteiger charge is 2.29. The van der Waals surface area contributed by atoms with Crippen LogP contribution in [0.15, 0.2) is 134 Å². The number of phenolic OH excluding ortho intramolecular Hbond substituents is 2. The van der Waals surface area contributed by atoms with Crippen molar-refractivity contribution in [3.63, 3.8) is 0 Å². The minimum atomic E-state index is -1.73. The van der Waals surface area contributed by atoms with E-state index in [2.05, 4.69) is 0 Å². The number of aliphatic hydroxyl groups is 4. The molecule has 0 aromatic heterocycles. The molecule has 0 saturated heterocycles. The van der Waals surface area contributed by atoms with E-state index < -0.39 is 11.6 Å². The smallest absolute Gasteiger partial charge is 0.193 e. The van der Waals surface area contributed by atoms with Crippen LogP contribution in [-0.4, -0.2) is 42.2 Å². The fraction of sp³-hybridized carbons (Fsp3) is 0.118. The molecule has 4 aromatic carbocycles. The average molecular weight is 537 g/mol. The van der Waals surface area contributed by atoms with E-state index >= 15 is 0 Å². The lowest BCUT2D eigenvalue weighted by Crippen LogP contribution is -2.30. The summed E-state index contributed by atoms with van der Waals surface area (Å²) in [5.41, 5.74) is 3.53. The van der Waals surface area contributed by atoms with Crippen molar-refractivity contribution in [2.75, 3.05) is 0 Å². The maximum absolute atomic E-state index is 9.72. The largest absolute Gasteiger partial charge is 0.504 e. The molecule has 6 rings (SSSR count). The molecule has 2 aliphatic rings. The Kier molecular flexibility index (Phi) is 8.99. The van der Waals surface area contributed by atoms with Crippen molar-refractivity contribution in [1.29, 1.82) is 0 Å². The fourth-order valence-electron chi connectivity index (χ4n) is 4.27. The Morgan fingerprint density at radius 2 is 1.12 bits per heavy atom. The number of hydrogen-bond acceptors (Lipinski definition) is 6. The van der Waals surface area contributed by atoms with Gasteiger partial charge in [-0.3, -0.25) is 0 Å². The van der Waals surface area contributed by atoms with Crippen LogP contribution in [0.1, 0.15) is 24.0 Å². The summed E-state index contributed by atoms with van der Waals surface area (Å²) in [7, 11) is 0. The summed E-state index contributed by atoms with van der Waals surface area (Å²) in [6, 6.07) is 29.9. The Morgan fingerprint density at radius 3 is 1.62 bits per heavy atom. The molecule has 4 aromatic rings. The van der Waals surface area contributed by atoms with Crippen molar-refractivity contribution >= 4 is 21.9 Å². The third kappa shape index (κ3) is 7.56. The van der Waals surface area contributed by atoms with Crippen LogP contribution in [0.3, 0.4) is 0 Å². The quantitative estimate of drug-likeness (QED) is 0.145. The molecule has 0 bridgehead atoms. The molecule has 0 heterocycles. The fourth-order valence-corrected chi connectivity index (χ4v) is 4.27. The number of allylic oxidation sites excluding steroid dienone is 4. The van der Waals surface area contributed by atoms with Crippen molar-refractivity contribution in [1.82, 2.24) is 0 Å². The third-order valence-corrected chi connectivity index (χ3v) is 6.42. The van der Waals surface area contributed by atoms with Crippen LogP contribution in [0.2, 0.25) is 0 Å². The van der Waals surface area contributed by atoms with E-state index in [9.17, 15) is 20.4 Å². The minimum Gasteiger partial charge on any atom is -0.504 e. The number of benzene rings is 4. The van der Waals surface area contributed by atoms with Crippen molar-refractivity contribution in [3.8, 4) is 11.5 Å². The molecule has 0 spiro atoms. The lowest BCUT2D eigenvalue weighted by atomic mass is 9.92. The first kappa shape index (κ1) is 28.5. The second-order valence-corrected chi connectivity index (χ2v) is 9.52. The highest BCUT2D eigenvalue weighted by molar-refractivity contribution is 5.85. The molecule has 0 amide bonds. The van der Waals surface area contributed by atoms with E-state index in [1.165, 1.54) is 6.08 Å². The normalized spacial score (nSPS) is 16.5. The average Bonchev–Trinajstić information content (AvgIpc) is 2.95. The van der Waals surface area contributed by atoms with E-state index in [1.807, 2.05) is 97.1 Å². The Morgan fingerprint density at radius 1 is 0.600 bits per heavy atom. The second kappa shape index (κ2) is 12.6. The third-order valence-electron chi connectivity index (χ3n) is 6.42. The number of hydrogen-bond donors (Lipinski definition) is 6. The van der Waals surface area contributed by atoms with Gasteiger partial charge in [0.2, 0.25) is 0 Å².